The smallest absolute Gasteiger partial charge is 0.230 e. The van der Waals surface area contributed by atoms with Crippen LogP contribution in [0.3, 0.4) is 0 Å². The highest BCUT2D eigenvalue weighted by atomic mass is 16.5. The summed E-state index contributed by atoms with van der Waals surface area (Å²) in [6.45, 7) is 5.11. The molecule has 2 aliphatic rings. The number of nitrogens with one attached hydrogen (secondary N) is 1. The fourth-order valence-corrected chi connectivity index (χ4v) is 2.99. The van der Waals surface area contributed by atoms with Gasteiger partial charge in [0.15, 0.2) is 0 Å². The van der Waals surface area contributed by atoms with Crippen LogP contribution in [-0.4, -0.2) is 31.2 Å². The molecule has 1 saturated heterocycles. The van der Waals surface area contributed by atoms with E-state index in [1.807, 2.05) is 6.92 Å². The molecule has 1 amide bonds. The Kier molecular flexibility index (Phi) is 4.28. The second kappa shape index (κ2) is 5.57. The molecule has 1 aliphatic heterocycles. The Hall–Kier alpha value is -0.610. The number of amides is 1. The Bertz CT molecular complexity index is 300. The molecule has 0 spiro atoms. The van der Waals surface area contributed by atoms with Crippen molar-refractivity contribution in [3.8, 4) is 0 Å². The summed E-state index contributed by atoms with van der Waals surface area (Å²) in [5.41, 5.74) is 5.44. The summed E-state index contributed by atoms with van der Waals surface area (Å²) in [5, 5.41) is 3.18. The zero-order valence-corrected chi connectivity index (χ0v) is 11.6. The van der Waals surface area contributed by atoms with Crippen molar-refractivity contribution in [2.75, 3.05) is 13.2 Å². The summed E-state index contributed by atoms with van der Waals surface area (Å²) in [5.74, 6) is 0.929. The van der Waals surface area contributed by atoms with Gasteiger partial charge >= 0.3 is 0 Å². The maximum absolute atomic E-state index is 12.3. The van der Waals surface area contributed by atoms with Crippen molar-refractivity contribution in [2.45, 2.75) is 58.0 Å². The molecular weight excluding hydrogens is 228 g/mol. The average Bonchev–Trinajstić information content (AvgIpc) is 2.72. The van der Waals surface area contributed by atoms with Gasteiger partial charge in [0.25, 0.3) is 0 Å². The van der Waals surface area contributed by atoms with Crippen molar-refractivity contribution in [1.29, 1.82) is 0 Å². The monoisotopic (exact) mass is 254 g/mol. The molecule has 2 unspecified atom stereocenters. The summed E-state index contributed by atoms with van der Waals surface area (Å²) in [4.78, 5) is 12.3. The quantitative estimate of drug-likeness (QED) is 0.801. The van der Waals surface area contributed by atoms with Crippen LogP contribution >= 0.6 is 0 Å². The van der Waals surface area contributed by atoms with E-state index in [1.54, 1.807) is 0 Å². The van der Waals surface area contributed by atoms with Gasteiger partial charge in [-0.25, -0.2) is 0 Å². The van der Waals surface area contributed by atoms with Crippen LogP contribution in [0, 0.1) is 11.3 Å². The average molecular weight is 254 g/mol. The lowest BCUT2D eigenvalue weighted by Crippen LogP contribution is -2.52. The fraction of sp³-hybridized carbons (Fsp3) is 0.929. The minimum atomic E-state index is -0.540. The second-order valence-corrected chi connectivity index (χ2v) is 6.14. The SMILES string of the molecule is CCC1CCC(NC(=O)C2(C)COCC2N)CC1. The van der Waals surface area contributed by atoms with Crippen molar-refractivity contribution in [3.63, 3.8) is 0 Å². The van der Waals surface area contributed by atoms with Crippen LogP contribution < -0.4 is 11.1 Å². The van der Waals surface area contributed by atoms with Crippen LogP contribution in [0.4, 0.5) is 0 Å². The third-order valence-electron chi connectivity index (χ3n) is 4.80. The third kappa shape index (κ3) is 2.69. The second-order valence-electron chi connectivity index (χ2n) is 6.14. The van der Waals surface area contributed by atoms with Gasteiger partial charge in [-0.05, 0) is 38.5 Å². The maximum atomic E-state index is 12.3. The van der Waals surface area contributed by atoms with Crippen molar-refractivity contribution in [2.24, 2.45) is 17.1 Å². The van der Waals surface area contributed by atoms with Gasteiger partial charge in [-0.3, -0.25) is 4.79 Å². The van der Waals surface area contributed by atoms with Crippen LogP contribution in [0.5, 0.6) is 0 Å². The minimum absolute atomic E-state index is 0.0763. The summed E-state index contributed by atoms with van der Waals surface area (Å²) >= 11 is 0. The Balaban J connectivity index is 1.85. The zero-order chi connectivity index (χ0) is 13.2. The standard InChI is InChI=1S/C14H26N2O2/c1-3-10-4-6-11(7-5-10)16-13(17)14(2)9-18-8-12(14)15/h10-12H,3-9,15H2,1-2H3,(H,16,17). The molecular formula is C14H26N2O2. The molecule has 0 aromatic heterocycles. The third-order valence-corrected chi connectivity index (χ3v) is 4.80. The number of carbonyl (C=O) groups excluding carboxylic acids is 1. The molecule has 2 fully saturated rings. The molecule has 0 radical (unpaired) electrons. The number of nitrogens with two attached hydrogens (primary N) is 1. The van der Waals surface area contributed by atoms with Gasteiger partial charge in [-0.2, -0.15) is 0 Å². The molecule has 4 heteroatoms. The highest BCUT2D eigenvalue weighted by Gasteiger charge is 2.44. The van der Waals surface area contributed by atoms with Crippen molar-refractivity contribution < 1.29 is 9.53 Å². The normalized spacial score (nSPS) is 40.7. The molecule has 104 valence electrons. The molecule has 1 heterocycles. The summed E-state index contributed by atoms with van der Waals surface area (Å²) in [6.07, 6.45) is 5.95. The van der Waals surface area contributed by atoms with Gasteiger partial charge in [-0.15, -0.1) is 0 Å². The molecule has 1 saturated carbocycles. The molecule has 0 bridgehead atoms. The predicted octanol–water partition coefficient (Wildman–Crippen LogP) is 1.44. The van der Waals surface area contributed by atoms with E-state index in [-0.39, 0.29) is 11.9 Å². The summed E-state index contributed by atoms with van der Waals surface area (Å²) < 4.78 is 5.33. The first-order chi connectivity index (χ1) is 8.56. The first-order valence-corrected chi connectivity index (χ1v) is 7.20. The first-order valence-electron chi connectivity index (χ1n) is 7.20. The van der Waals surface area contributed by atoms with E-state index in [4.69, 9.17) is 10.5 Å². The van der Waals surface area contributed by atoms with E-state index in [9.17, 15) is 4.79 Å². The van der Waals surface area contributed by atoms with Gasteiger partial charge in [0.2, 0.25) is 5.91 Å². The number of rotatable bonds is 3. The van der Waals surface area contributed by atoms with Gasteiger partial charge in [0.1, 0.15) is 0 Å². The Labute approximate surface area is 110 Å². The zero-order valence-electron chi connectivity index (χ0n) is 11.6. The van der Waals surface area contributed by atoms with Crippen LogP contribution in [0.25, 0.3) is 0 Å². The Morgan fingerprint density at radius 1 is 1.39 bits per heavy atom. The number of ether oxygens (including phenoxy) is 1. The highest BCUT2D eigenvalue weighted by Crippen LogP contribution is 2.30. The fourth-order valence-electron chi connectivity index (χ4n) is 2.99. The van der Waals surface area contributed by atoms with Gasteiger partial charge in [0.05, 0.1) is 18.6 Å². The molecule has 2 rings (SSSR count). The molecule has 1 aliphatic carbocycles. The van der Waals surface area contributed by atoms with Crippen molar-refractivity contribution >= 4 is 5.91 Å². The Morgan fingerprint density at radius 3 is 2.56 bits per heavy atom. The molecule has 0 aromatic carbocycles. The van der Waals surface area contributed by atoms with Gasteiger partial charge in [-0.1, -0.05) is 13.3 Å². The largest absolute Gasteiger partial charge is 0.379 e. The van der Waals surface area contributed by atoms with E-state index in [1.165, 1.54) is 19.3 Å². The molecule has 0 aromatic rings. The van der Waals surface area contributed by atoms with E-state index in [0.29, 0.717) is 19.3 Å². The summed E-state index contributed by atoms with van der Waals surface area (Å²) in [7, 11) is 0. The summed E-state index contributed by atoms with van der Waals surface area (Å²) in [6, 6.07) is 0.161. The molecule has 3 N–H and O–H groups in total. The lowest BCUT2D eigenvalue weighted by atomic mass is 9.82. The van der Waals surface area contributed by atoms with Gasteiger partial charge < -0.3 is 15.8 Å². The van der Waals surface area contributed by atoms with Crippen LogP contribution in [0.2, 0.25) is 0 Å². The molecule has 18 heavy (non-hydrogen) atoms. The van der Waals surface area contributed by atoms with Crippen molar-refractivity contribution in [1.82, 2.24) is 5.32 Å². The molecule has 4 nitrogen and oxygen atoms in total. The maximum Gasteiger partial charge on any atom is 0.230 e. The van der Waals surface area contributed by atoms with E-state index in [0.717, 1.165) is 18.8 Å². The van der Waals surface area contributed by atoms with Crippen molar-refractivity contribution in [3.05, 3.63) is 0 Å². The Morgan fingerprint density at radius 2 is 2.06 bits per heavy atom. The van der Waals surface area contributed by atoms with E-state index < -0.39 is 5.41 Å². The van der Waals surface area contributed by atoms with E-state index >= 15 is 0 Å². The van der Waals surface area contributed by atoms with E-state index in [2.05, 4.69) is 12.2 Å². The molecule has 2 atom stereocenters. The number of carbonyl (C=O) groups is 1. The topological polar surface area (TPSA) is 64.3 Å². The van der Waals surface area contributed by atoms with Gasteiger partial charge in [0, 0.05) is 12.1 Å². The number of hydrogen-bond donors (Lipinski definition) is 2. The highest BCUT2D eigenvalue weighted by molar-refractivity contribution is 5.83. The van der Waals surface area contributed by atoms with Crippen LogP contribution in [-0.2, 0) is 9.53 Å². The van der Waals surface area contributed by atoms with Crippen LogP contribution in [0.15, 0.2) is 0 Å². The predicted molar refractivity (Wildman–Crippen MR) is 71.1 cm³/mol. The van der Waals surface area contributed by atoms with Crippen LogP contribution in [0.1, 0.15) is 46.0 Å². The lowest BCUT2D eigenvalue weighted by Gasteiger charge is -2.32. The number of hydrogen-bond acceptors (Lipinski definition) is 3. The lowest BCUT2D eigenvalue weighted by molar-refractivity contribution is -0.131. The first kappa shape index (κ1) is 13.8. The minimum Gasteiger partial charge on any atom is -0.379 e.